The van der Waals surface area contributed by atoms with Gasteiger partial charge in [0.25, 0.3) is 5.91 Å². The van der Waals surface area contributed by atoms with E-state index in [0.29, 0.717) is 12.0 Å². The van der Waals surface area contributed by atoms with Crippen molar-refractivity contribution in [2.45, 2.75) is 37.3 Å². The molecule has 2 aromatic rings. The first-order valence-corrected chi connectivity index (χ1v) is 8.29. The Balaban J connectivity index is 0.00000135. The zero-order chi connectivity index (χ0) is 14.7. The predicted octanol–water partition coefficient (Wildman–Crippen LogP) is 3.21. The minimum Gasteiger partial charge on any atom is -0.464 e. The van der Waals surface area contributed by atoms with E-state index in [2.05, 4.69) is 10.2 Å². The molecule has 6 rings (SSSR count). The Morgan fingerprint density at radius 3 is 2.74 bits per heavy atom. The number of benzene rings is 1. The van der Waals surface area contributed by atoms with Gasteiger partial charge in [0, 0.05) is 16.5 Å². The van der Waals surface area contributed by atoms with E-state index < -0.39 is 0 Å². The summed E-state index contributed by atoms with van der Waals surface area (Å²) in [7, 11) is 0. The molecule has 1 aliphatic carbocycles. The number of carbonyl (C=O) groups is 1. The standard InChI is InChI=1S/C18H20N2O2.ClH/c21-17(14-1-2-15-13(11-14)5-10-22-15)19-16-12-3-8-20(9-4-12)18(16)6-7-18;/h1-2,5,10-12,16H,3-4,6-9H2,(H,19,21);1H/t16-;/m1./s1. The topological polar surface area (TPSA) is 45.5 Å². The molecule has 4 aliphatic rings. The predicted molar refractivity (Wildman–Crippen MR) is 91.0 cm³/mol. The van der Waals surface area contributed by atoms with Gasteiger partial charge in [-0.2, -0.15) is 0 Å². The Morgan fingerprint density at radius 1 is 1.22 bits per heavy atom. The van der Waals surface area contributed by atoms with Crippen LogP contribution in [0.3, 0.4) is 0 Å². The lowest BCUT2D eigenvalue weighted by atomic mass is 9.77. The van der Waals surface area contributed by atoms with Crippen molar-refractivity contribution in [3.05, 3.63) is 36.1 Å². The highest BCUT2D eigenvalue weighted by atomic mass is 35.5. The van der Waals surface area contributed by atoms with Gasteiger partial charge in [0.2, 0.25) is 0 Å². The lowest BCUT2D eigenvalue weighted by molar-refractivity contribution is -0.00144. The maximum atomic E-state index is 12.7. The third-order valence-electron chi connectivity index (χ3n) is 5.98. The molecule has 4 fully saturated rings. The molecule has 1 spiro atoms. The van der Waals surface area contributed by atoms with Crippen molar-refractivity contribution in [3.63, 3.8) is 0 Å². The number of hydrogen-bond donors (Lipinski definition) is 1. The summed E-state index contributed by atoms with van der Waals surface area (Å²) in [6.07, 6.45) is 6.62. The zero-order valence-corrected chi connectivity index (χ0v) is 13.8. The highest BCUT2D eigenvalue weighted by molar-refractivity contribution is 5.98. The quantitative estimate of drug-likeness (QED) is 0.918. The van der Waals surface area contributed by atoms with E-state index in [0.717, 1.165) is 16.5 Å². The van der Waals surface area contributed by atoms with Gasteiger partial charge >= 0.3 is 0 Å². The summed E-state index contributed by atoms with van der Waals surface area (Å²) < 4.78 is 5.35. The number of hydrogen-bond acceptors (Lipinski definition) is 3. The number of piperidine rings is 3. The monoisotopic (exact) mass is 332 g/mol. The van der Waals surface area contributed by atoms with Gasteiger partial charge in [0.05, 0.1) is 12.3 Å². The molecule has 1 saturated carbocycles. The Hall–Kier alpha value is -1.52. The zero-order valence-electron chi connectivity index (χ0n) is 13.0. The van der Waals surface area contributed by atoms with Crippen LogP contribution in [0.4, 0.5) is 0 Å². The fourth-order valence-electron chi connectivity index (χ4n) is 4.65. The van der Waals surface area contributed by atoms with E-state index in [1.165, 1.54) is 38.8 Å². The summed E-state index contributed by atoms with van der Waals surface area (Å²) in [5.41, 5.74) is 1.86. The van der Waals surface area contributed by atoms with Crippen LogP contribution < -0.4 is 5.32 Å². The third kappa shape index (κ3) is 2.19. The summed E-state index contributed by atoms with van der Waals surface area (Å²) in [6.45, 7) is 2.44. The molecular weight excluding hydrogens is 312 g/mol. The molecule has 1 atom stereocenters. The average Bonchev–Trinajstić information content (AvgIpc) is 3.18. The number of rotatable bonds is 2. The smallest absolute Gasteiger partial charge is 0.251 e. The number of halogens is 1. The van der Waals surface area contributed by atoms with Crippen molar-refractivity contribution in [2.24, 2.45) is 5.92 Å². The molecule has 4 nitrogen and oxygen atoms in total. The summed E-state index contributed by atoms with van der Waals surface area (Å²) in [6, 6.07) is 7.91. The highest BCUT2D eigenvalue weighted by Gasteiger charge is 2.60. The third-order valence-corrected chi connectivity index (χ3v) is 5.98. The summed E-state index contributed by atoms with van der Waals surface area (Å²) in [4.78, 5) is 15.3. The van der Waals surface area contributed by atoms with Gasteiger partial charge in [-0.15, -0.1) is 12.4 Å². The fourth-order valence-corrected chi connectivity index (χ4v) is 4.65. The lowest BCUT2D eigenvalue weighted by Crippen LogP contribution is -2.65. The number of amides is 1. The molecule has 4 heterocycles. The molecule has 2 bridgehead atoms. The second-order valence-corrected chi connectivity index (χ2v) is 7.05. The van der Waals surface area contributed by atoms with Gasteiger partial charge < -0.3 is 9.73 Å². The first-order valence-electron chi connectivity index (χ1n) is 8.29. The molecule has 1 aromatic carbocycles. The van der Waals surface area contributed by atoms with Crippen LogP contribution in [0, 0.1) is 5.92 Å². The van der Waals surface area contributed by atoms with Crippen LogP contribution in [-0.2, 0) is 0 Å². The van der Waals surface area contributed by atoms with Crippen LogP contribution >= 0.6 is 12.4 Å². The maximum Gasteiger partial charge on any atom is 0.251 e. The van der Waals surface area contributed by atoms with Crippen molar-refractivity contribution in [1.29, 1.82) is 0 Å². The second kappa shape index (κ2) is 5.25. The Labute approximate surface area is 141 Å². The number of nitrogens with zero attached hydrogens (tertiary/aromatic N) is 1. The molecule has 3 aliphatic heterocycles. The minimum atomic E-state index is 0. The van der Waals surface area contributed by atoms with Gasteiger partial charge in [0.15, 0.2) is 0 Å². The number of furan rings is 1. The van der Waals surface area contributed by atoms with Crippen LogP contribution in [0.2, 0.25) is 0 Å². The molecule has 0 unspecified atom stereocenters. The van der Waals surface area contributed by atoms with Crippen LogP contribution in [0.5, 0.6) is 0 Å². The minimum absolute atomic E-state index is 0. The Bertz CT molecular complexity index is 744. The average molecular weight is 333 g/mol. The van der Waals surface area contributed by atoms with Crippen LogP contribution in [0.15, 0.2) is 34.9 Å². The van der Waals surface area contributed by atoms with E-state index in [-0.39, 0.29) is 23.9 Å². The summed E-state index contributed by atoms with van der Waals surface area (Å²) >= 11 is 0. The lowest BCUT2D eigenvalue weighted by Gasteiger charge is -2.52. The van der Waals surface area contributed by atoms with Crippen molar-refractivity contribution >= 4 is 29.3 Å². The largest absolute Gasteiger partial charge is 0.464 e. The first-order chi connectivity index (χ1) is 10.8. The SMILES string of the molecule is Cl.O=C(N[C@@H]1C2CCN(CC2)C12CC2)c1ccc2occc2c1. The van der Waals surface area contributed by atoms with Gasteiger partial charge in [-0.3, -0.25) is 9.69 Å². The van der Waals surface area contributed by atoms with Crippen LogP contribution in [0.1, 0.15) is 36.0 Å². The van der Waals surface area contributed by atoms with Crippen LogP contribution in [0.25, 0.3) is 11.0 Å². The van der Waals surface area contributed by atoms with Gasteiger partial charge in [0.1, 0.15) is 5.58 Å². The molecule has 23 heavy (non-hydrogen) atoms. The van der Waals surface area contributed by atoms with Crippen molar-refractivity contribution in [2.75, 3.05) is 13.1 Å². The molecule has 1 N–H and O–H groups in total. The summed E-state index contributed by atoms with van der Waals surface area (Å²) in [5, 5.41) is 4.35. The molecule has 1 aromatic heterocycles. The highest BCUT2D eigenvalue weighted by Crippen LogP contribution is 2.53. The normalized spacial score (nSPS) is 30.2. The first kappa shape index (κ1) is 15.0. The van der Waals surface area contributed by atoms with Crippen molar-refractivity contribution < 1.29 is 9.21 Å². The number of carbonyl (C=O) groups excluding carboxylic acids is 1. The van der Waals surface area contributed by atoms with Gasteiger partial charge in [-0.05, 0) is 69.0 Å². The van der Waals surface area contributed by atoms with E-state index in [9.17, 15) is 4.79 Å². The van der Waals surface area contributed by atoms with Gasteiger partial charge in [-0.25, -0.2) is 0 Å². The molecule has 0 radical (unpaired) electrons. The molecule has 122 valence electrons. The van der Waals surface area contributed by atoms with E-state index in [4.69, 9.17) is 4.42 Å². The number of nitrogens with one attached hydrogen (secondary N) is 1. The molecule has 3 saturated heterocycles. The number of fused-ring (bicyclic) bond motifs is 3. The fraction of sp³-hybridized carbons (Fsp3) is 0.500. The van der Waals surface area contributed by atoms with Crippen molar-refractivity contribution in [1.82, 2.24) is 10.2 Å². The van der Waals surface area contributed by atoms with Gasteiger partial charge in [-0.1, -0.05) is 0 Å². The maximum absolute atomic E-state index is 12.7. The van der Waals surface area contributed by atoms with Crippen LogP contribution in [-0.4, -0.2) is 35.5 Å². The summed E-state index contributed by atoms with van der Waals surface area (Å²) in [5.74, 6) is 0.724. The Morgan fingerprint density at radius 2 is 2.00 bits per heavy atom. The van der Waals surface area contributed by atoms with E-state index in [1.54, 1.807) is 6.26 Å². The molecular formula is C18H21ClN2O2. The molecule has 5 heteroatoms. The Kier molecular flexibility index (Phi) is 3.43. The van der Waals surface area contributed by atoms with E-state index in [1.807, 2.05) is 24.3 Å². The van der Waals surface area contributed by atoms with Crippen molar-refractivity contribution in [3.8, 4) is 0 Å². The molecule has 1 amide bonds. The van der Waals surface area contributed by atoms with E-state index >= 15 is 0 Å². The second-order valence-electron chi connectivity index (χ2n) is 7.05.